The predicted octanol–water partition coefficient (Wildman–Crippen LogP) is 2.04. The van der Waals surface area contributed by atoms with Crippen molar-refractivity contribution in [1.82, 2.24) is 0 Å². The van der Waals surface area contributed by atoms with Crippen molar-refractivity contribution >= 4 is 42.7 Å². The van der Waals surface area contributed by atoms with E-state index in [9.17, 15) is 14.7 Å². The first-order chi connectivity index (χ1) is 15.6. The zero-order valence-electron chi connectivity index (χ0n) is 17.5. The first kappa shape index (κ1) is 23.3. The van der Waals surface area contributed by atoms with Crippen LogP contribution >= 0.6 is 0 Å². The van der Waals surface area contributed by atoms with E-state index < -0.39 is 32.1 Å². The number of esters is 1. The Balaban J connectivity index is 0.000000195. The van der Waals surface area contributed by atoms with Gasteiger partial charge in [-0.25, -0.2) is 4.79 Å². The number of carbonyl (C=O) groups is 2. The summed E-state index contributed by atoms with van der Waals surface area (Å²) in [6, 6.07) is 38.2. The van der Waals surface area contributed by atoms with E-state index in [1.165, 1.54) is 41.9 Å². The molecule has 0 aliphatic carbocycles. The first-order valence-corrected chi connectivity index (χ1v) is 13.8. The molecule has 0 saturated carbocycles. The van der Waals surface area contributed by atoms with E-state index in [1.807, 2.05) is 0 Å². The molecule has 0 unspecified atom stereocenters. The van der Waals surface area contributed by atoms with Gasteiger partial charge in [0.2, 0.25) is 0 Å². The number of carboxylic acid groups (broad SMARTS) is 1. The van der Waals surface area contributed by atoms with Gasteiger partial charge in [-0.3, -0.25) is 0 Å². The van der Waals surface area contributed by atoms with Crippen molar-refractivity contribution in [2.45, 2.75) is 0 Å². The van der Waals surface area contributed by atoms with Gasteiger partial charge < -0.3 is 14.6 Å². The van der Waals surface area contributed by atoms with Gasteiger partial charge in [0.15, 0.2) is 0 Å². The molecule has 0 atom stereocenters. The summed E-state index contributed by atoms with van der Waals surface area (Å²) in [5, 5.41) is 10.3. The summed E-state index contributed by atoms with van der Waals surface area (Å²) in [5.74, 6) is -1.76. The fraction of sp³-hybridized carbons (Fsp3) is 0.0370. The monoisotopic (exact) mass is 531 g/mol. The molecule has 0 amide bonds. The van der Waals surface area contributed by atoms with Crippen LogP contribution in [0.3, 0.4) is 0 Å². The number of rotatable bonds is 5. The molecule has 0 spiro atoms. The van der Waals surface area contributed by atoms with Gasteiger partial charge >= 0.3 is 128 Å². The topological polar surface area (TPSA) is 66.4 Å². The molecule has 0 N–H and O–H groups in total. The Morgan fingerprint density at radius 3 is 1.25 bits per heavy atom. The van der Waals surface area contributed by atoms with Crippen LogP contribution in [-0.4, -0.2) is 39.3 Å². The second kappa shape index (κ2) is 11.9. The fourth-order valence-corrected chi connectivity index (χ4v) is 9.62. The maximum absolute atomic E-state index is 10.9. The molecule has 0 bridgehead atoms. The van der Waals surface area contributed by atoms with Crippen LogP contribution in [-0.2, 0) is 4.74 Å². The number of ether oxygens (including phenoxy) is 1. The molecule has 0 heterocycles. The van der Waals surface area contributed by atoms with Crippen molar-refractivity contribution in [2.75, 3.05) is 7.11 Å². The molecule has 0 aliphatic rings. The van der Waals surface area contributed by atoms with Gasteiger partial charge in [-0.05, 0) is 17.7 Å². The standard InChI is InChI=1S/C9H8O4.3C6H5.Sb/c1-13-9(12)7-4-2-6(3-5-7)8(10)11;3*1-2-4-6-5-3-1;/h2-5H,1H3,(H,10,11);3*1-5H;/q;;;;+1/p-1. The zero-order valence-corrected chi connectivity index (χ0v) is 20.1. The molecule has 4 nitrogen and oxygen atoms in total. The number of carbonyl (C=O) groups excluding carboxylic acids is 2. The molecule has 32 heavy (non-hydrogen) atoms. The average molecular weight is 532 g/mol. The molecule has 5 heteroatoms. The van der Waals surface area contributed by atoms with E-state index in [0.717, 1.165) is 0 Å². The fourth-order valence-electron chi connectivity index (χ4n) is 3.04. The summed E-state index contributed by atoms with van der Waals surface area (Å²) in [4.78, 5) is 21.2. The van der Waals surface area contributed by atoms with Crippen LogP contribution in [0.15, 0.2) is 115 Å². The molecule has 159 valence electrons. The van der Waals surface area contributed by atoms with Crippen LogP contribution in [0.25, 0.3) is 0 Å². The van der Waals surface area contributed by atoms with Crippen LogP contribution in [0.4, 0.5) is 0 Å². The summed E-state index contributed by atoms with van der Waals surface area (Å²) in [5.41, 5.74) is 0.347. The van der Waals surface area contributed by atoms with Crippen molar-refractivity contribution in [3.05, 3.63) is 126 Å². The van der Waals surface area contributed by atoms with E-state index in [1.54, 1.807) is 0 Å². The van der Waals surface area contributed by atoms with Crippen LogP contribution in [0.5, 0.6) is 0 Å². The molecular formula is C27H22O4Sb. The van der Waals surface area contributed by atoms with Gasteiger partial charge in [0, 0.05) is 0 Å². The molecule has 4 aromatic rings. The Morgan fingerprint density at radius 2 is 0.938 bits per heavy atom. The van der Waals surface area contributed by atoms with E-state index >= 15 is 0 Å². The third-order valence-corrected chi connectivity index (χ3v) is 11.6. The molecule has 0 aliphatic heterocycles. The number of aromatic carboxylic acids is 1. The van der Waals surface area contributed by atoms with Crippen molar-refractivity contribution in [3.8, 4) is 0 Å². The quantitative estimate of drug-likeness (QED) is 0.292. The Bertz CT molecular complexity index is 1030. The molecule has 1 radical (unpaired) electrons. The van der Waals surface area contributed by atoms with E-state index in [2.05, 4.69) is 95.7 Å². The summed E-state index contributed by atoms with van der Waals surface area (Å²) in [6.07, 6.45) is 0. The van der Waals surface area contributed by atoms with Crippen molar-refractivity contribution in [1.29, 1.82) is 0 Å². The van der Waals surface area contributed by atoms with Gasteiger partial charge in [-0.1, -0.05) is 12.1 Å². The molecule has 0 aromatic heterocycles. The average Bonchev–Trinajstić information content (AvgIpc) is 2.86. The molecular weight excluding hydrogens is 510 g/mol. The third kappa shape index (κ3) is 6.32. The Kier molecular flexibility index (Phi) is 8.65. The summed E-state index contributed by atoms with van der Waals surface area (Å²) >= 11 is -1.83. The second-order valence-electron chi connectivity index (χ2n) is 6.70. The minimum atomic E-state index is -1.83. The zero-order chi connectivity index (χ0) is 22.8. The number of carboxylic acids is 1. The molecule has 0 fully saturated rings. The van der Waals surface area contributed by atoms with Gasteiger partial charge in [0.05, 0.1) is 18.6 Å². The number of hydrogen-bond donors (Lipinski definition) is 0. The summed E-state index contributed by atoms with van der Waals surface area (Å²) in [6.45, 7) is 0. The van der Waals surface area contributed by atoms with Gasteiger partial charge in [0.25, 0.3) is 0 Å². The van der Waals surface area contributed by atoms with Gasteiger partial charge in [0.1, 0.15) is 0 Å². The minimum absolute atomic E-state index is 0.0349. The SMILES string of the molecule is COC(=O)c1ccc(C(=O)[O-])cc1.c1cc[c]([Sb+]([c]2ccccc2)[c]2ccccc2)cc1. The van der Waals surface area contributed by atoms with E-state index in [-0.39, 0.29) is 5.56 Å². The maximum atomic E-state index is 10.9. The van der Waals surface area contributed by atoms with E-state index in [4.69, 9.17) is 0 Å². The Labute approximate surface area is 195 Å². The third-order valence-electron chi connectivity index (χ3n) is 4.58. The van der Waals surface area contributed by atoms with Crippen LogP contribution < -0.4 is 15.6 Å². The second-order valence-corrected chi connectivity index (χ2v) is 13.0. The van der Waals surface area contributed by atoms with Crippen LogP contribution in [0, 0.1) is 0 Å². The van der Waals surface area contributed by atoms with Gasteiger partial charge in [-0.2, -0.15) is 0 Å². The molecule has 0 saturated heterocycles. The van der Waals surface area contributed by atoms with Crippen molar-refractivity contribution in [3.63, 3.8) is 0 Å². The van der Waals surface area contributed by atoms with Gasteiger partial charge in [-0.15, -0.1) is 0 Å². The number of methoxy groups -OCH3 is 1. The Morgan fingerprint density at radius 1 is 0.594 bits per heavy atom. The number of hydrogen-bond acceptors (Lipinski definition) is 4. The van der Waals surface area contributed by atoms with Crippen LogP contribution in [0.1, 0.15) is 20.7 Å². The Hall–Kier alpha value is -3.36. The summed E-state index contributed by atoms with van der Waals surface area (Å²) in [7, 11) is 1.26. The normalized spacial score (nSPS) is 10.1. The van der Waals surface area contributed by atoms with Crippen LogP contribution in [0.2, 0.25) is 0 Å². The number of benzene rings is 4. The summed E-state index contributed by atoms with van der Waals surface area (Å²) < 4.78 is 8.98. The van der Waals surface area contributed by atoms with E-state index in [0.29, 0.717) is 5.56 Å². The van der Waals surface area contributed by atoms with Crippen molar-refractivity contribution in [2.24, 2.45) is 0 Å². The first-order valence-electron chi connectivity index (χ1n) is 9.95. The molecule has 4 aromatic carbocycles. The molecule has 4 rings (SSSR count). The predicted molar refractivity (Wildman–Crippen MR) is 126 cm³/mol. The van der Waals surface area contributed by atoms with Crippen molar-refractivity contribution < 1.29 is 19.4 Å².